The summed E-state index contributed by atoms with van der Waals surface area (Å²) >= 11 is 0.922. The number of benzene rings is 2. The van der Waals surface area contributed by atoms with Gasteiger partial charge in [-0.25, -0.2) is 18.6 Å². The van der Waals surface area contributed by atoms with E-state index in [1.54, 1.807) is 6.07 Å². The Balaban J connectivity index is 1.57. The number of thiazole rings is 1. The molecule has 0 aliphatic heterocycles. The number of carbonyl (C=O) groups is 1. The molecule has 1 aliphatic carbocycles. The second kappa shape index (κ2) is 10.7. The predicted octanol–water partition coefficient (Wildman–Crippen LogP) is 6.74. The maximum absolute atomic E-state index is 15.3. The zero-order chi connectivity index (χ0) is 28.7. The molecule has 0 saturated heterocycles. The molecule has 7 nitrogen and oxygen atoms in total. The van der Waals surface area contributed by atoms with E-state index in [0.29, 0.717) is 17.2 Å². The first-order chi connectivity index (χ1) is 18.2. The van der Waals surface area contributed by atoms with Crippen molar-refractivity contribution in [2.75, 3.05) is 11.8 Å². The van der Waals surface area contributed by atoms with E-state index >= 15 is 4.39 Å². The third kappa shape index (κ3) is 5.86. The fourth-order valence-corrected chi connectivity index (χ4v) is 6.89. The SMILES string of the molecule is COc1cc(C(=O)O)c(F)cc1NS(=O)(=O)c1csc(-c2ccc([C@H]3CC[C@H](C(F)(F)F)CC3)c(F)c2C)n1. The van der Waals surface area contributed by atoms with Crippen molar-refractivity contribution in [1.29, 1.82) is 0 Å². The van der Waals surface area contributed by atoms with Gasteiger partial charge in [-0.2, -0.15) is 21.6 Å². The van der Waals surface area contributed by atoms with Crippen molar-refractivity contribution < 1.29 is 45.0 Å². The number of carboxylic acids is 1. The molecule has 4 rings (SSSR count). The lowest BCUT2D eigenvalue weighted by Gasteiger charge is -2.30. The number of nitrogens with one attached hydrogen (secondary N) is 1. The molecule has 210 valence electrons. The second-order valence-electron chi connectivity index (χ2n) is 9.17. The first-order valence-corrected chi connectivity index (χ1v) is 14.0. The van der Waals surface area contributed by atoms with Gasteiger partial charge in [0, 0.05) is 17.0 Å². The molecule has 2 N–H and O–H groups in total. The van der Waals surface area contributed by atoms with Crippen LogP contribution in [-0.4, -0.2) is 37.8 Å². The Bertz CT molecular complexity index is 1510. The molecule has 1 aliphatic rings. The topological polar surface area (TPSA) is 106 Å². The van der Waals surface area contributed by atoms with E-state index in [4.69, 9.17) is 9.84 Å². The van der Waals surface area contributed by atoms with Gasteiger partial charge in [-0.3, -0.25) is 4.72 Å². The van der Waals surface area contributed by atoms with Crippen LogP contribution in [0.2, 0.25) is 0 Å². The molecule has 0 unspecified atom stereocenters. The van der Waals surface area contributed by atoms with Gasteiger partial charge in [0.1, 0.15) is 22.4 Å². The van der Waals surface area contributed by atoms with Gasteiger partial charge in [-0.05, 0) is 55.7 Å². The summed E-state index contributed by atoms with van der Waals surface area (Å²) in [6.45, 7) is 1.49. The van der Waals surface area contributed by atoms with Crippen molar-refractivity contribution in [1.82, 2.24) is 4.98 Å². The zero-order valence-corrected chi connectivity index (χ0v) is 22.2. The molecule has 0 atom stereocenters. The summed E-state index contributed by atoms with van der Waals surface area (Å²) in [7, 11) is -3.23. The standard InChI is InChI=1S/C25H23F5N2O5S2/c1-12-15(7-8-16(22(12)27)13-3-5-14(6-4-13)25(28,29)30)23-31-21(11-38-23)39(35,36)32-19-10-18(26)17(24(33)34)9-20(19)37-2/h7-11,13-14,32H,3-6H2,1-2H3,(H,33,34)/t13-,14-. The zero-order valence-electron chi connectivity index (χ0n) is 20.6. The van der Waals surface area contributed by atoms with E-state index in [1.165, 1.54) is 18.4 Å². The monoisotopic (exact) mass is 590 g/mol. The van der Waals surface area contributed by atoms with Gasteiger partial charge >= 0.3 is 12.1 Å². The summed E-state index contributed by atoms with van der Waals surface area (Å²) < 4.78 is 101. The van der Waals surface area contributed by atoms with E-state index in [0.717, 1.165) is 24.5 Å². The number of halogens is 5. The van der Waals surface area contributed by atoms with Crippen LogP contribution in [0.15, 0.2) is 34.7 Å². The summed E-state index contributed by atoms with van der Waals surface area (Å²) in [6.07, 6.45) is -3.97. The largest absolute Gasteiger partial charge is 0.495 e. The summed E-state index contributed by atoms with van der Waals surface area (Å²) in [4.78, 5) is 15.2. The van der Waals surface area contributed by atoms with Crippen molar-refractivity contribution in [3.63, 3.8) is 0 Å². The van der Waals surface area contributed by atoms with Gasteiger partial charge in [0.2, 0.25) is 0 Å². The Hall–Kier alpha value is -3.26. The smallest absolute Gasteiger partial charge is 0.391 e. The summed E-state index contributed by atoms with van der Waals surface area (Å²) in [5, 5.41) is 10.0. The summed E-state index contributed by atoms with van der Waals surface area (Å²) in [6, 6.07) is 4.58. The van der Waals surface area contributed by atoms with Crippen LogP contribution in [0.25, 0.3) is 10.6 Å². The number of rotatable bonds is 7. The summed E-state index contributed by atoms with van der Waals surface area (Å²) in [5.74, 6) is -5.28. The average Bonchev–Trinajstić information content (AvgIpc) is 3.36. The van der Waals surface area contributed by atoms with Crippen molar-refractivity contribution in [2.24, 2.45) is 5.92 Å². The quantitative estimate of drug-likeness (QED) is 0.295. The van der Waals surface area contributed by atoms with Crippen LogP contribution in [0.4, 0.5) is 27.6 Å². The third-order valence-corrected chi connectivity index (χ3v) is 9.07. The van der Waals surface area contributed by atoms with E-state index < -0.39 is 50.3 Å². The van der Waals surface area contributed by atoms with Gasteiger partial charge in [-0.1, -0.05) is 12.1 Å². The highest BCUT2D eigenvalue weighted by molar-refractivity contribution is 7.92. The van der Waals surface area contributed by atoms with E-state index in [2.05, 4.69) is 9.71 Å². The van der Waals surface area contributed by atoms with Crippen LogP contribution < -0.4 is 9.46 Å². The number of carboxylic acid groups (broad SMARTS) is 1. The number of aromatic nitrogens is 1. The minimum atomic E-state index is -4.38. The molecule has 39 heavy (non-hydrogen) atoms. The molecule has 14 heteroatoms. The Morgan fingerprint density at radius 3 is 2.41 bits per heavy atom. The predicted molar refractivity (Wildman–Crippen MR) is 134 cm³/mol. The van der Waals surface area contributed by atoms with Crippen molar-refractivity contribution >= 4 is 33.0 Å². The highest BCUT2D eigenvalue weighted by Gasteiger charge is 2.42. The molecule has 1 aromatic heterocycles. The van der Waals surface area contributed by atoms with Crippen molar-refractivity contribution in [3.8, 4) is 16.3 Å². The Labute approximate surface area is 224 Å². The minimum Gasteiger partial charge on any atom is -0.495 e. The third-order valence-electron chi connectivity index (χ3n) is 6.80. The first-order valence-electron chi connectivity index (χ1n) is 11.7. The average molecular weight is 591 g/mol. The molecular weight excluding hydrogens is 567 g/mol. The number of aromatic carboxylic acids is 1. The molecule has 1 saturated carbocycles. The van der Waals surface area contributed by atoms with E-state index in [9.17, 15) is 30.8 Å². The van der Waals surface area contributed by atoms with Gasteiger partial charge in [0.05, 0.1) is 24.3 Å². The van der Waals surface area contributed by atoms with Gasteiger partial charge in [0.15, 0.2) is 5.03 Å². The number of sulfonamides is 1. The van der Waals surface area contributed by atoms with Crippen LogP contribution in [0.1, 0.15) is 53.1 Å². The van der Waals surface area contributed by atoms with Gasteiger partial charge in [-0.15, -0.1) is 11.3 Å². The maximum Gasteiger partial charge on any atom is 0.391 e. The highest BCUT2D eigenvalue weighted by Crippen LogP contribution is 2.44. The molecular formula is C25H23F5N2O5S2. The molecule has 1 heterocycles. The summed E-state index contributed by atoms with van der Waals surface area (Å²) in [5.41, 5.74) is -0.228. The molecule has 1 fully saturated rings. The molecule has 0 bridgehead atoms. The normalized spacial score (nSPS) is 18.1. The van der Waals surface area contributed by atoms with Gasteiger partial charge in [0.25, 0.3) is 10.0 Å². The maximum atomic E-state index is 15.3. The van der Waals surface area contributed by atoms with Crippen molar-refractivity contribution in [3.05, 3.63) is 58.0 Å². The van der Waals surface area contributed by atoms with Crippen LogP contribution in [0, 0.1) is 24.5 Å². The lowest BCUT2D eigenvalue weighted by Crippen LogP contribution is -2.27. The number of alkyl halides is 3. The second-order valence-corrected chi connectivity index (χ2v) is 11.7. The highest BCUT2D eigenvalue weighted by atomic mass is 32.2. The number of hydrogen-bond donors (Lipinski definition) is 2. The van der Waals surface area contributed by atoms with Gasteiger partial charge < -0.3 is 9.84 Å². The minimum absolute atomic E-state index is 0.0666. The Morgan fingerprint density at radius 2 is 1.82 bits per heavy atom. The van der Waals surface area contributed by atoms with Crippen LogP contribution >= 0.6 is 11.3 Å². The molecule has 0 radical (unpaired) electrons. The number of ether oxygens (including phenoxy) is 1. The molecule has 0 spiro atoms. The lowest BCUT2D eigenvalue weighted by atomic mass is 9.77. The first kappa shape index (κ1) is 28.7. The number of hydrogen-bond acceptors (Lipinski definition) is 6. The molecule has 2 aromatic carbocycles. The van der Waals surface area contributed by atoms with E-state index in [-0.39, 0.29) is 53.6 Å². The number of anilines is 1. The van der Waals surface area contributed by atoms with Crippen LogP contribution in [-0.2, 0) is 10.0 Å². The molecule has 0 amide bonds. The number of methoxy groups -OCH3 is 1. The van der Waals surface area contributed by atoms with Crippen LogP contribution in [0.5, 0.6) is 5.75 Å². The lowest BCUT2D eigenvalue weighted by molar-refractivity contribution is -0.182. The Kier molecular flexibility index (Phi) is 7.90. The van der Waals surface area contributed by atoms with Crippen LogP contribution in [0.3, 0.4) is 0 Å². The van der Waals surface area contributed by atoms with E-state index in [1.807, 2.05) is 0 Å². The molecule has 3 aromatic rings. The fourth-order valence-electron chi connectivity index (χ4n) is 4.65. The van der Waals surface area contributed by atoms with Crippen molar-refractivity contribution in [2.45, 2.75) is 49.7 Å². The Morgan fingerprint density at radius 1 is 1.15 bits per heavy atom. The fraction of sp³-hybridized carbons (Fsp3) is 0.360. The number of nitrogens with zero attached hydrogens (tertiary/aromatic N) is 1.